The molecule has 2 aliphatic rings. The quantitative estimate of drug-likeness (QED) is 0.174. The van der Waals surface area contributed by atoms with Gasteiger partial charge in [0, 0.05) is 23.4 Å². The fourth-order valence-corrected chi connectivity index (χ4v) is 6.29. The number of rotatable bonds is 8. The molecule has 1 saturated carbocycles. The summed E-state index contributed by atoms with van der Waals surface area (Å²) in [6.07, 6.45) is 3.80. The number of fused-ring (bicyclic) bond motifs is 2. The summed E-state index contributed by atoms with van der Waals surface area (Å²) in [4.78, 5) is 35.4. The molecule has 3 N–H and O–H groups in total. The monoisotopic (exact) mass is 644 g/mol. The Morgan fingerprint density at radius 3 is 2.18 bits per heavy atom. The van der Waals surface area contributed by atoms with Crippen LogP contribution < -0.4 is 15.4 Å². The second-order valence-corrected chi connectivity index (χ2v) is 12.9. The lowest BCUT2D eigenvalue weighted by Gasteiger charge is -2.40. The van der Waals surface area contributed by atoms with Gasteiger partial charge in [0.2, 0.25) is 5.91 Å². The van der Waals surface area contributed by atoms with E-state index in [1.54, 1.807) is 12.2 Å². The summed E-state index contributed by atoms with van der Waals surface area (Å²) in [5.74, 6) is -7.43. The first kappa shape index (κ1) is 30.9. The van der Waals surface area contributed by atoms with Crippen LogP contribution >= 0.6 is 10.2 Å². The average molecular weight is 645 g/mol. The van der Waals surface area contributed by atoms with Gasteiger partial charge in [-0.1, -0.05) is 43.7 Å². The molecule has 3 aromatic carbocycles. The van der Waals surface area contributed by atoms with Gasteiger partial charge in [0.15, 0.2) is 0 Å². The second-order valence-electron chi connectivity index (χ2n) is 10.5. The highest BCUT2D eigenvalue weighted by Gasteiger charge is 2.65. The first-order chi connectivity index (χ1) is 20.3. The van der Waals surface area contributed by atoms with Gasteiger partial charge in [0.05, 0.1) is 24.2 Å². The van der Waals surface area contributed by atoms with Crippen LogP contribution in [0.2, 0.25) is 0 Å². The van der Waals surface area contributed by atoms with Crippen LogP contribution in [0.5, 0.6) is 5.75 Å². The van der Waals surface area contributed by atoms with Crippen molar-refractivity contribution in [3.05, 3.63) is 89.5 Å². The standard InChI is InChI=1S/C29H23F7N2O5S/c1-43-24-13-23(31)21(14-2-4-15(5-3-14)29(41)42)12-22(24)27(39)38-26-17-7-6-16(8-17)25(26)28(40)37-19-9-18(30)10-20(11-19)44(32,33,34,35)36/h2-7,9-13,16-17,25-26H,8H2,1H3,(H,37,40)(H,38,39)(H,41,42)/t16-,17+,25+,26-/m0/s1. The van der Waals surface area contributed by atoms with Crippen LogP contribution in [0.1, 0.15) is 27.1 Å². The minimum atomic E-state index is -10.3. The molecule has 4 atom stereocenters. The van der Waals surface area contributed by atoms with Gasteiger partial charge in [-0.15, -0.1) is 0 Å². The van der Waals surface area contributed by atoms with Crippen LogP contribution in [0.3, 0.4) is 0 Å². The van der Waals surface area contributed by atoms with Gasteiger partial charge in [-0.05, 0) is 60.2 Å². The van der Waals surface area contributed by atoms with Crippen molar-refractivity contribution < 1.29 is 52.4 Å². The van der Waals surface area contributed by atoms with E-state index in [-0.39, 0.29) is 46.1 Å². The average Bonchev–Trinajstić information content (AvgIpc) is 3.53. The van der Waals surface area contributed by atoms with Crippen molar-refractivity contribution in [2.24, 2.45) is 17.8 Å². The van der Waals surface area contributed by atoms with Crippen molar-refractivity contribution in [1.29, 1.82) is 0 Å². The number of carboxylic acid groups (broad SMARTS) is 1. The zero-order valence-electron chi connectivity index (χ0n) is 22.5. The van der Waals surface area contributed by atoms with Crippen molar-refractivity contribution >= 4 is 33.7 Å². The molecule has 2 bridgehead atoms. The number of nitrogens with one attached hydrogen (secondary N) is 2. The van der Waals surface area contributed by atoms with Crippen LogP contribution in [0.15, 0.2) is 71.6 Å². The lowest BCUT2D eigenvalue weighted by Crippen LogP contribution is -2.47. The lowest BCUT2D eigenvalue weighted by molar-refractivity contribution is -0.121. The molecular formula is C29H23F7N2O5S. The van der Waals surface area contributed by atoms with Crippen molar-refractivity contribution in [2.45, 2.75) is 17.4 Å². The fraction of sp³-hybridized carbons (Fsp3) is 0.207. The van der Waals surface area contributed by atoms with E-state index in [1.807, 2.05) is 0 Å². The summed E-state index contributed by atoms with van der Waals surface area (Å²) in [6, 6.07) is 6.50. The minimum absolute atomic E-state index is 0.0441. The highest BCUT2D eigenvalue weighted by molar-refractivity contribution is 8.45. The number of halogens is 7. The van der Waals surface area contributed by atoms with E-state index in [0.717, 1.165) is 6.07 Å². The van der Waals surface area contributed by atoms with E-state index in [2.05, 4.69) is 10.6 Å². The van der Waals surface area contributed by atoms with Crippen molar-refractivity contribution in [1.82, 2.24) is 5.32 Å². The third kappa shape index (κ3) is 6.09. The molecule has 0 spiro atoms. The summed E-state index contributed by atoms with van der Waals surface area (Å²) in [6.45, 7) is 0. The Morgan fingerprint density at radius 2 is 1.57 bits per heavy atom. The van der Waals surface area contributed by atoms with Crippen LogP contribution in [0.4, 0.5) is 33.9 Å². The van der Waals surface area contributed by atoms with Gasteiger partial charge >= 0.3 is 16.2 Å². The molecule has 7 nitrogen and oxygen atoms in total. The second kappa shape index (κ2) is 10.0. The highest BCUT2D eigenvalue weighted by atomic mass is 32.5. The summed E-state index contributed by atoms with van der Waals surface area (Å²) >= 11 is 0. The molecule has 15 heteroatoms. The molecule has 0 unspecified atom stereocenters. The van der Waals surface area contributed by atoms with Crippen molar-refractivity contribution in [2.75, 3.05) is 12.4 Å². The predicted octanol–water partition coefficient (Wildman–Crippen LogP) is 7.56. The molecule has 3 aromatic rings. The third-order valence-electron chi connectivity index (χ3n) is 7.62. The maximum Gasteiger partial charge on any atom is 0.335 e. The summed E-state index contributed by atoms with van der Waals surface area (Å²) in [5.41, 5.74) is -0.819. The topological polar surface area (TPSA) is 105 Å². The summed E-state index contributed by atoms with van der Waals surface area (Å²) < 4.78 is 101. The fourth-order valence-electron chi connectivity index (χ4n) is 5.60. The van der Waals surface area contributed by atoms with Gasteiger partial charge in [-0.2, -0.15) is 0 Å². The minimum Gasteiger partial charge on any atom is -0.496 e. The highest BCUT2D eigenvalue weighted by Crippen LogP contribution is 3.02. The Kier molecular flexibility index (Phi) is 7.03. The largest absolute Gasteiger partial charge is 0.496 e. The Morgan fingerprint density at radius 1 is 0.909 bits per heavy atom. The number of aromatic carboxylic acids is 1. The third-order valence-corrected chi connectivity index (χ3v) is 8.75. The smallest absolute Gasteiger partial charge is 0.335 e. The maximum atomic E-state index is 15.0. The molecule has 5 rings (SSSR count). The molecule has 0 saturated heterocycles. The normalized spacial score (nSPS) is 22.2. The number of carbonyl (C=O) groups excluding carboxylic acids is 2. The van der Waals surface area contributed by atoms with Crippen LogP contribution in [0.25, 0.3) is 11.1 Å². The van der Waals surface area contributed by atoms with E-state index in [4.69, 9.17) is 9.84 Å². The van der Waals surface area contributed by atoms with E-state index < -0.39 is 68.1 Å². The predicted molar refractivity (Wildman–Crippen MR) is 147 cm³/mol. The van der Waals surface area contributed by atoms with Crippen molar-refractivity contribution in [3.63, 3.8) is 0 Å². The molecule has 2 aliphatic carbocycles. The maximum absolute atomic E-state index is 15.0. The number of benzene rings is 3. The lowest BCUT2D eigenvalue weighted by atomic mass is 9.87. The van der Waals surface area contributed by atoms with Gasteiger partial charge in [0.25, 0.3) is 5.91 Å². The molecule has 0 aliphatic heterocycles. The van der Waals surface area contributed by atoms with E-state index in [1.165, 1.54) is 37.4 Å². The SMILES string of the molecule is COc1cc(F)c(-c2ccc(C(=O)O)cc2)cc1C(=O)N[C@@H]1[C@H](C(=O)Nc2cc(F)cc(S(F)(F)(F)(F)F)c2)[C@H]2C=C[C@@H]1C2. The molecule has 234 valence electrons. The first-order valence-electron chi connectivity index (χ1n) is 12.9. The Labute approximate surface area is 245 Å². The number of ether oxygens (including phenoxy) is 1. The Bertz CT molecular complexity index is 1730. The van der Waals surface area contributed by atoms with Gasteiger partial charge in [-0.25, -0.2) is 13.6 Å². The number of amides is 2. The molecule has 0 heterocycles. The Hall–Kier alpha value is -4.53. The van der Waals surface area contributed by atoms with E-state index >= 15 is 0 Å². The van der Waals surface area contributed by atoms with Crippen LogP contribution in [-0.2, 0) is 4.79 Å². The molecule has 44 heavy (non-hydrogen) atoms. The van der Waals surface area contributed by atoms with Crippen LogP contribution in [0, 0.1) is 29.4 Å². The van der Waals surface area contributed by atoms with Gasteiger partial charge in [0.1, 0.15) is 22.3 Å². The van der Waals surface area contributed by atoms with Crippen molar-refractivity contribution in [3.8, 4) is 16.9 Å². The number of methoxy groups -OCH3 is 1. The summed E-state index contributed by atoms with van der Waals surface area (Å²) in [5, 5.41) is 13.9. The summed E-state index contributed by atoms with van der Waals surface area (Å²) in [7, 11) is -9.06. The zero-order valence-corrected chi connectivity index (χ0v) is 23.3. The van der Waals surface area contributed by atoms with Crippen LogP contribution in [-0.4, -0.2) is 36.0 Å². The number of allylic oxidation sites excluding steroid dienone is 1. The van der Waals surface area contributed by atoms with Gasteiger partial charge in [-0.3, -0.25) is 9.59 Å². The zero-order chi connectivity index (χ0) is 32.3. The Balaban J connectivity index is 1.42. The number of hydrogen-bond donors (Lipinski definition) is 3. The number of anilines is 1. The molecular weight excluding hydrogens is 621 g/mol. The molecule has 1 fully saturated rings. The van der Waals surface area contributed by atoms with E-state index in [0.29, 0.717) is 12.5 Å². The van der Waals surface area contributed by atoms with E-state index in [9.17, 15) is 42.6 Å². The molecule has 0 radical (unpaired) electrons. The number of carbonyl (C=O) groups is 3. The van der Waals surface area contributed by atoms with Gasteiger partial charge < -0.3 is 20.5 Å². The molecule has 2 amide bonds. The number of hydrogen-bond acceptors (Lipinski definition) is 4. The molecule has 0 aromatic heterocycles. The first-order valence-corrected chi connectivity index (χ1v) is 14.9. The number of carboxylic acids is 1.